The molecule has 5 nitrogen and oxygen atoms in total. The molecule has 1 aromatic rings. The number of nitrogens with zero attached hydrogens (tertiary/aromatic N) is 1. The minimum absolute atomic E-state index is 0.149. The quantitative estimate of drug-likeness (QED) is 0.826. The number of aryl methyl sites for hydroxylation is 1. The van der Waals surface area contributed by atoms with Crippen molar-refractivity contribution < 1.29 is 14.3 Å². The van der Waals surface area contributed by atoms with Crippen molar-refractivity contribution in [1.82, 2.24) is 10.2 Å². The van der Waals surface area contributed by atoms with Crippen molar-refractivity contribution in [2.24, 2.45) is 0 Å². The van der Waals surface area contributed by atoms with E-state index < -0.39 is 5.54 Å². The minimum Gasteiger partial charge on any atom is -0.488 e. The average Bonchev–Trinajstić information content (AvgIpc) is 2.81. The highest BCUT2D eigenvalue weighted by Crippen LogP contribution is 2.30. The van der Waals surface area contributed by atoms with Crippen molar-refractivity contribution in [2.75, 3.05) is 13.1 Å². The molecule has 0 bridgehead atoms. The van der Waals surface area contributed by atoms with E-state index in [1.807, 2.05) is 19.1 Å². The predicted molar refractivity (Wildman–Crippen MR) is 78.1 cm³/mol. The Hall–Kier alpha value is -1.88. The van der Waals surface area contributed by atoms with E-state index in [1.54, 1.807) is 13.8 Å². The lowest BCUT2D eigenvalue weighted by atomic mass is 9.99. The van der Waals surface area contributed by atoms with Crippen LogP contribution in [0.3, 0.4) is 0 Å². The number of fused-ring (bicyclic) bond motifs is 1. The fourth-order valence-corrected chi connectivity index (χ4v) is 2.86. The molecule has 0 aliphatic carbocycles. The van der Waals surface area contributed by atoms with Gasteiger partial charge in [0.05, 0.1) is 18.6 Å². The van der Waals surface area contributed by atoms with Crippen molar-refractivity contribution in [3.05, 3.63) is 29.3 Å². The molecule has 0 saturated carbocycles. The molecule has 1 unspecified atom stereocenters. The van der Waals surface area contributed by atoms with E-state index in [2.05, 4.69) is 11.4 Å². The smallest absolute Gasteiger partial charge is 0.249 e. The van der Waals surface area contributed by atoms with Crippen LogP contribution in [0.4, 0.5) is 0 Å². The van der Waals surface area contributed by atoms with E-state index in [-0.39, 0.29) is 24.5 Å². The number of hydrogen-bond acceptors (Lipinski definition) is 4. The third kappa shape index (κ3) is 2.53. The molecule has 1 N–H and O–H groups in total. The van der Waals surface area contributed by atoms with Crippen molar-refractivity contribution in [3.8, 4) is 5.75 Å². The van der Waals surface area contributed by atoms with Gasteiger partial charge in [0, 0.05) is 6.42 Å². The summed E-state index contributed by atoms with van der Waals surface area (Å²) in [6.07, 6.45) is 0.589. The maximum atomic E-state index is 12.4. The van der Waals surface area contributed by atoms with Gasteiger partial charge in [-0.1, -0.05) is 17.7 Å². The Morgan fingerprint density at radius 2 is 2.14 bits per heavy atom. The highest BCUT2D eigenvalue weighted by Gasteiger charge is 2.41. The van der Waals surface area contributed by atoms with Crippen molar-refractivity contribution >= 4 is 11.8 Å². The molecule has 2 aliphatic rings. The summed E-state index contributed by atoms with van der Waals surface area (Å²) in [5, 5.41) is 2.96. The monoisotopic (exact) mass is 288 g/mol. The first-order chi connectivity index (χ1) is 9.87. The summed E-state index contributed by atoms with van der Waals surface area (Å²) in [6, 6.07) is 6.06. The molecule has 21 heavy (non-hydrogen) atoms. The summed E-state index contributed by atoms with van der Waals surface area (Å²) in [6.45, 7) is 6.14. The van der Waals surface area contributed by atoms with Crippen LogP contribution < -0.4 is 10.1 Å². The molecule has 1 saturated heterocycles. The molecular formula is C16H20N2O3. The maximum Gasteiger partial charge on any atom is 0.249 e. The van der Waals surface area contributed by atoms with Crippen LogP contribution in [-0.4, -0.2) is 41.4 Å². The van der Waals surface area contributed by atoms with Gasteiger partial charge in [0.1, 0.15) is 11.9 Å². The lowest BCUT2D eigenvalue weighted by Crippen LogP contribution is -2.64. The zero-order valence-electron chi connectivity index (χ0n) is 12.6. The van der Waals surface area contributed by atoms with E-state index in [0.717, 1.165) is 17.7 Å². The first-order valence-electron chi connectivity index (χ1n) is 7.23. The molecule has 2 aliphatic heterocycles. The number of piperazine rings is 1. The van der Waals surface area contributed by atoms with E-state index in [9.17, 15) is 9.59 Å². The third-order valence-corrected chi connectivity index (χ3v) is 4.11. The number of rotatable bonds is 2. The molecule has 2 amide bonds. The first kappa shape index (κ1) is 14.1. The Bertz CT molecular complexity index is 610. The number of carbonyl (C=O) groups is 2. The minimum atomic E-state index is -0.698. The molecule has 1 atom stereocenters. The molecule has 1 fully saturated rings. The van der Waals surface area contributed by atoms with Crippen LogP contribution >= 0.6 is 0 Å². The van der Waals surface area contributed by atoms with Crippen molar-refractivity contribution in [1.29, 1.82) is 0 Å². The van der Waals surface area contributed by atoms with Gasteiger partial charge in [-0.05, 0) is 32.4 Å². The Labute approximate surface area is 124 Å². The fourth-order valence-electron chi connectivity index (χ4n) is 2.86. The highest BCUT2D eigenvalue weighted by molar-refractivity contribution is 6.03. The van der Waals surface area contributed by atoms with Gasteiger partial charge in [-0.3, -0.25) is 19.8 Å². The lowest BCUT2D eigenvalue weighted by molar-refractivity contribution is -0.153. The second-order valence-corrected chi connectivity index (χ2v) is 6.34. The van der Waals surface area contributed by atoms with Gasteiger partial charge in [-0.25, -0.2) is 0 Å². The zero-order valence-corrected chi connectivity index (χ0v) is 12.6. The summed E-state index contributed by atoms with van der Waals surface area (Å²) in [4.78, 5) is 25.7. The number of amides is 2. The normalized spacial score (nSPS) is 24.0. The van der Waals surface area contributed by atoms with Crippen LogP contribution in [0.15, 0.2) is 18.2 Å². The Morgan fingerprint density at radius 1 is 1.38 bits per heavy atom. The van der Waals surface area contributed by atoms with Gasteiger partial charge in [-0.15, -0.1) is 0 Å². The number of carbonyl (C=O) groups excluding carboxylic acids is 2. The molecule has 3 rings (SSSR count). The van der Waals surface area contributed by atoms with Crippen LogP contribution in [0.5, 0.6) is 5.75 Å². The van der Waals surface area contributed by atoms with E-state index in [1.165, 1.54) is 10.5 Å². The number of nitrogens with one attached hydrogen (secondary N) is 1. The summed E-state index contributed by atoms with van der Waals surface area (Å²) < 4.78 is 5.86. The Morgan fingerprint density at radius 3 is 2.90 bits per heavy atom. The molecule has 0 radical (unpaired) electrons. The molecule has 0 aromatic heterocycles. The van der Waals surface area contributed by atoms with Crippen LogP contribution in [-0.2, 0) is 16.0 Å². The van der Waals surface area contributed by atoms with Gasteiger partial charge >= 0.3 is 0 Å². The van der Waals surface area contributed by atoms with Crippen LogP contribution in [0.25, 0.3) is 0 Å². The Balaban J connectivity index is 1.73. The molecule has 112 valence electrons. The largest absolute Gasteiger partial charge is 0.488 e. The van der Waals surface area contributed by atoms with Crippen molar-refractivity contribution in [3.63, 3.8) is 0 Å². The average molecular weight is 288 g/mol. The number of hydrogen-bond donors (Lipinski definition) is 1. The van der Waals surface area contributed by atoms with Crippen LogP contribution in [0.1, 0.15) is 25.0 Å². The van der Waals surface area contributed by atoms with E-state index in [0.29, 0.717) is 6.54 Å². The fraction of sp³-hybridized carbons (Fsp3) is 0.500. The summed E-state index contributed by atoms with van der Waals surface area (Å²) in [5.41, 5.74) is 1.64. The second-order valence-electron chi connectivity index (χ2n) is 6.34. The standard InChI is InChI=1S/C16H20N2O3/c1-10-4-5-13-11(6-10)7-12(21-13)9-18-14(19)8-17-16(2,3)15(18)20/h4-6,12,17H,7-9H2,1-3H3. The molecule has 1 aromatic carbocycles. The highest BCUT2D eigenvalue weighted by atomic mass is 16.5. The van der Waals surface area contributed by atoms with Crippen LogP contribution in [0.2, 0.25) is 0 Å². The second kappa shape index (κ2) is 4.84. The van der Waals surface area contributed by atoms with Crippen molar-refractivity contribution in [2.45, 2.75) is 38.8 Å². The van der Waals surface area contributed by atoms with Gasteiger partial charge < -0.3 is 4.74 Å². The zero-order chi connectivity index (χ0) is 15.2. The van der Waals surface area contributed by atoms with E-state index in [4.69, 9.17) is 4.74 Å². The summed E-state index contributed by atoms with van der Waals surface area (Å²) >= 11 is 0. The lowest BCUT2D eigenvalue weighted by Gasteiger charge is -2.37. The number of ether oxygens (including phenoxy) is 1. The topological polar surface area (TPSA) is 58.6 Å². The predicted octanol–water partition coefficient (Wildman–Crippen LogP) is 1.04. The first-order valence-corrected chi connectivity index (χ1v) is 7.23. The summed E-state index contributed by atoms with van der Waals surface area (Å²) in [7, 11) is 0. The maximum absolute atomic E-state index is 12.4. The van der Waals surface area contributed by atoms with Gasteiger partial charge in [0.25, 0.3) is 0 Å². The van der Waals surface area contributed by atoms with Gasteiger partial charge in [0.2, 0.25) is 11.8 Å². The molecule has 0 spiro atoms. The van der Waals surface area contributed by atoms with E-state index >= 15 is 0 Å². The number of benzene rings is 1. The summed E-state index contributed by atoms with van der Waals surface area (Å²) in [5.74, 6) is 0.490. The molecular weight excluding hydrogens is 268 g/mol. The van der Waals surface area contributed by atoms with Crippen LogP contribution in [0, 0.1) is 6.92 Å². The Kier molecular flexibility index (Phi) is 3.24. The molecule has 5 heteroatoms. The van der Waals surface area contributed by atoms with Gasteiger partial charge in [-0.2, -0.15) is 0 Å². The SMILES string of the molecule is Cc1ccc2c(c1)CC(CN1C(=O)CNC(C)(C)C1=O)O2. The van der Waals surface area contributed by atoms with Gasteiger partial charge in [0.15, 0.2) is 0 Å². The third-order valence-electron chi connectivity index (χ3n) is 4.11. The molecule has 2 heterocycles. The number of imide groups is 1.